The number of benzene rings is 1. The predicted molar refractivity (Wildman–Crippen MR) is 99.3 cm³/mol. The Bertz CT molecular complexity index is 1020. The van der Waals surface area contributed by atoms with E-state index in [2.05, 4.69) is 25.6 Å². The fourth-order valence-electron chi connectivity index (χ4n) is 2.54. The molecule has 0 aliphatic heterocycles. The largest absolute Gasteiger partial charge is 0.463 e. The summed E-state index contributed by atoms with van der Waals surface area (Å²) in [5.74, 6) is 1.87. The van der Waals surface area contributed by atoms with Crippen LogP contribution in [0.25, 0.3) is 17.1 Å². The molecule has 0 amide bonds. The lowest BCUT2D eigenvalue weighted by atomic mass is 10.1. The van der Waals surface area contributed by atoms with Gasteiger partial charge in [-0.15, -0.1) is 0 Å². The first-order valence-electron chi connectivity index (χ1n) is 8.07. The van der Waals surface area contributed by atoms with E-state index < -0.39 is 0 Å². The van der Waals surface area contributed by atoms with E-state index in [-0.39, 0.29) is 0 Å². The second-order valence-electron chi connectivity index (χ2n) is 5.60. The first kappa shape index (κ1) is 15.8. The fraction of sp³-hybridized carbons (Fsp3) is 0.0526. The van der Waals surface area contributed by atoms with Crippen molar-refractivity contribution in [1.29, 1.82) is 0 Å². The van der Waals surface area contributed by atoms with Gasteiger partial charge in [-0.2, -0.15) is 10.2 Å². The van der Waals surface area contributed by atoms with Crippen molar-refractivity contribution >= 4 is 12.0 Å². The zero-order chi connectivity index (χ0) is 17.8. The van der Waals surface area contributed by atoms with Crippen molar-refractivity contribution in [2.24, 2.45) is 5.10 Å². The Kier molecular flexibility index (Phi) is 4.26. The summed E-state index contributed by atoms with van der Waals surface area (Å²) in [6.07, 6.45) is 4.65. The average Bonchev–Trinajstić information content (AvgIpc) is 3.32. The Hall–Kier alpha value is -3.74. The fourth-order valence-corrected chi connectivity index (χ4v) is 2.54. The summed E-state index contributed by atoms with van der Waals surface area (Å²) >= 11 is 0. The number of hydrogen-bond donors (Lipinski definition) is 1. The van der Waals surface area contributed by atoms with Crippen LogP contribution in [0.1, 0.15) is 11.5 Å². The van der Waals surface area contributed by atoms with Crippen LogP contribution < -0.4 is 5.43 Å². The van der Waals surface area contributed by atoms with Gasteiger partial charge in [0.05, 0.1) is 23.9 Å². The molecule has 3 heterocycles. The van der Waals surface area contributed by atoms with E-state index in [0.717, 1.165) is 17.0 Å². The highest BCUT2D eigenvalue weighted by molar-refractivity contribution is 5.76. The number of furan rings is 1. The van der Waals surface area contributed by atoms with Crippen LogP contribution in [0.2, 0.25) is 0 Å². The lowest BCUT2D eigenvalue weighted by Crippen LogP contribution is -2.04. The van der Waals surface area contributed by atoms with E-state index in [1.807, 2.05) is 49.4 Å². The van der Waals surface area contributed by atoms with Gasteiger partial charge in [0.15, 0.2) is 11.6 Å². The Morgan fingerprint density at radius 3 is 2.77 bits per heavy atom. The van der Waals surface area contributed by atoms with E-state index >= 15 is 0 Å². The molecule has 3 aromatic heterocycles. The number of rotatable bonds is 5. The SMILES string of the molecule is Cc1cc(-c2ccccc2)n(-c2cc(N/N=C\c3ccco3)ncn2)n1. The Balaban J connectivity index is 1.63. The van der Waals surface area contributed by atoms with Crippen LogP contribution in [0.3, 0.4) is 0 Å². The molecule has 1 aromatic carbocycles. The number of nitrogens with one attached hydrogen (secondary N) is 1. The zero-order valence-electron chi connectivity index (χ0n) is 14.1. The third kappa shape index (κ3) is 3.36. The minimum absolute atomic E-state index is 0.560. The second kappa shape index (κ2) is 7.02. The summed E-state index contributed by atoms with van der Waals surface area (Å²) in [5, 5.41) is 8.68. The van der Waals surface area contributed by atoms with Gasteiger partial charge in [0.25, 0.3) is 0 Å². The highest BCUT2D eigenvalue weighted by atomic mass is 16.3. The van der Waals surface area contributed by atoms with E-state index in [4.69, 9.17) is 4.42 Å². The van der Waals surface area contributed by atoms with E-state index in [1.54, 1.807) is 29.3 Å². The molecule has 4 rings (SSSR count). The zero-order valence-corrected chi connectivity index (χ0v) is 14.1. The van der Waals surface area contributed by atoms with Gasteiger partial charge in [0.2, 0.25) is 0 Å². The predicted octanol–water partition coefficient (Wildman–Crippen LogP) is 3.68. The molecule has 1 N–H and O–H groups in total. The summed E-state index contributed by atoms with van der Waals surface area (Å²) in [7, 11) is 0. The topological polar surface area (TPSA) is 81.1 Å². The van der Waals surface area contributed by atoms with E-state index in [1.165, 1.54) is 6.33 Å². The molecule has 0 radical (unpaired) electrons. The van der Waals surface area contributed by atoms with Crippen molar-refractivity contribution in [2.75, 3.05) is 5.43 Å². The molecule has 0 spiro atoms. The quantitative estimate of drug-likeness (QED) is 0.441. The van der Waals surface area contributed by atoms with Crippen molar-refractivity contribution < 1.29 is 4.42 Å². The average molecular weight is 344 g/mol. The Morgan fingerprint density at radius 2 is 1.96 bits per heavy atom. The molecule has 0 fully saturated rings. The van der Waals surface area contributed by atoms with Crippen molar-refractivity contribution in [3.63, 3.8) is 0 Å². The molecular formula is C19H16N6O. The molecule has 26 heavy (non-hydrogen) atoms. The number of hydrazone groups is 1. The Labute approximate surface area is 150 Å². The summed E-state index contributed by atoms with van der Waals surface area (Å²) < 4.78 is 7.00. The third-order valence-electron chi connectivity index (χ3n) is 3.68. The van der Waals surface area contributed by atoms with Crippen LogP contribution in [0, 0.1) is 6.92 Å². The summed E-state index contributed by atoms with van der Waals surface area (Å²) in [5.41, 5.74) is 5.82. The van der Waals surface area contributed by atoms with Gasteiger partial charge in [-0.05, 0) is 25.1 Å². The van der Waals surface area contributed by atoms with Crippen molar-refractivity contribution in [2.45, 2.75) is 6.92 Å². The van der Waals surface area contributed by atoms with Crippen molar-refractivity contribution in [3.8, 4) is 17.1 Å². The maximum absolute atomic E-state index is 5.20. The highest BCUT2D eigenvalue weighted by Crippen LogP contribution is 2.23. The van der Waals surface area contributed by atoms with Gasteiger partial charge < -0.3 is 4.42 Å². The van der Waals surface area contributed by atoms with E-state index in [0.29, 0.717) is 17.4 Å². The molecule has 0 bridgehead atoms. The number of aryl methyl sites for hydroxylation is 1. The third-order valence-corrected chi connectivity index (χ3v) is 3.68. The molecular weight excluding hydrogens is 328 g/mol. The van der Waals surface area contributed by atoms with Crippen LogP contribution in [0.5, 0.6) is 0 Å². The summed E-state index contributed by atoms with van der Waals surface area (Å²) in [6.45, 7) is 1.96. The van der Waals surface area contributed by atoms with Gasteiger partial charge in [-0.1, -0.05) is 30.3 Å². The lowest BCUT2D eigenvalue weighted by molar-refractivity contribution is 0.560. The molecule has 128 valence electrons. The first-order valence-corrected chi connectivity index (χ1v) is 8.07. The standard InChI is InChI=1S/C19H16N6O/c1-14-10-17(15-6-3-2-4-7-15)25(24-14)19-11-18(20-13-21-19)23-22-12-16-8-5-9-26-16/h2-13H,1H3,(H,20,21,23)/b22-12-. The number of nitrogens with zero attached hydrogens (tertiary/aromatic N) is 5. The Morgan fingerprint density at radius 1 is 1.08 bits per heavy atom. The van der Waals surface area contributed by atoms with Gasteiger partial charge >= 0.3 is 0 Å². The number of anilines is 1. The van der Waals surface area contributed by atoms with E-state index in [9.17, 15) is 0 Å². The molecule has 7 nitrogen and oxygen atoms in total. The molecule has 0 aliphatic carbocycles. The monoisotopic (exact) mass is 344 g/mol. The van der Waals surface area contributed by atoms with Crippen molar-refractivity contribution in [3.05, 3.63) is 78.6 Å². The molecule has 7 heteroatoms. The maximum Gasteiger partial charge on any atom is 0.159 e. The smallest absolute Gasteiger partial charge is 0.159 e. The second-order valence-corrected chi connectivity index (χ2v) is 5.60. The van der Waals surface area contributed by atoms with Crippen LogP contribution in [-0.4, -0.2) is 26.0 Å². The van der Waals surface area contributed by atoms with Gasteiger partial charge in [0.1, 0.15) is 12.1 Å². The van der Waals surface area contributed by atoms with Gasteiger partial charge in [0, 0.05) is 11.6 Å². The number of aromatic nitrogens is 4. The minimum atomic E-state index is 0.560. The van der Waals surface area contributed by atoms with Crippen LogP contribution in [0.15, 0.2) is 76.7 Å². The molecule has 0 atom stereocenters. The molecule has 4 aromatic rings. The first-order chi connectivity index (χ1) is 12.8. The molecule has 0 saturated carbocycles. The van der Waals surface area contributed by atoms with Gasteiger partial charge in [-0.25, -0.2) is 14.6 Å². The molecule has 0 aliphatic rings. The van der Waals surface area contributed by atoms with Gasteiger partial charge in [-0.3, -0.25) is 5.43 Å². The van der Waals surface area contributed by atoms with Crippen LogP contribution >= 0.6 is 0 Å². The normalized spacial score (nSPS) is 11.1. The maximum atomic E-state index is 5.20. The number of hydrogen-bond acceptors (Lipinski definition) is 6. The lowest BCUT2D eigenvalue weighted by Gasteiger charge is -2.07. The van der Waals surface area contributed by atoms with Crippen LogP contribution in [0.4, 0.5) is 5.82 Å². The highest BCUT2D eigenvalue weighted by Gasteiger charge is 2.11. The minimum Gasteiger partial charge on any atom is -0.463 e. The molecule has 0 saturated heterocycles. The molecule has 0 unspecified atom stereocenters. The van der Waals surface area contributed by atoms with Crippen LogP contribution in [-0.2, 0) is 0 Å². The summed E-state index contributed by atoms with van der Waals surface area (Å²) in [4.78, 5) is 8.53. The summed E-state index contributed by atoms with van der Waals surface area (Å²) in [6, 6.07) is 17.5. The van der Waals surface area contributed by atoms with Crippen molar-refractivity contribution in [1.82, 2.24) is 19.7 Å².